The summed E-state index contributed by atoms with van der Waals surface area (Å²) in [4.78, 5) is 35.0. The Labute approximate surface area is 146 Å². The molecule has 0 spiro atoms. The van der Waals surface area contributed by atoms with Crippen molar-refractivity contribution in [3.63, 3.8) is 0 Å². The number of aliphatic carboxylic acids is 1. The van der Waals surface area contributed by atoms with E-state index in [1.54, 1.807) is 25.1 Å². The lowest BCUT2D eigenvalue weighted by Crippen LogP contribution is -2.43. The summed E-state index contributed by atoms with van der Waals surface area (Å²) >= 11 is 5.90. The van der Waals surface area contributed by atoms with Gasteiger partial charge in [-0.2, -0.15) is 0 Å². The summed E-state index contributed by atoms with van der Waals surface area (Å²) in [5, 5.41) is 11.5. The van der Waals surface area contributed by atoms with Gasteiger partial charge in [-0.3, -0.25) is 20.4 Å². The second kappa shape index (κ2) is 9.93. The lowest BCUT2D eigenvalue weighted by molar-refractivity contribution is -0.313. The SMILES string of the molecule is CCCC[C@@H](C(=O)[O-])[C@@H](C)CC(=O)NNC(=O)c1ccccc1Cl. The van der Waals surface area contributed by atoms with Gasteiger partial charge in [-0.1, -0.05) is 50.4 Å². The van der Waals surface area contributed by atoms with Crippen LogP contribution in [-0.2, 0) is 9.59 Å². The molecular formula is C17H22ClN2O4-. The molecule has 1 aromatic carbocycles. The van der Waals surface area contributed by atoms with Crippen LogP contribution in [0.3, 0.4) is 0 Å². The van der Waals surface area contributed by atoms with Crippen LogP contribution in [0, 0.1) is 11.8 Å². The molecule has 0 aliphatic carbocycles. The van der Waals surface area contributed by atoms with E-state index in [0.717, 1.165) is 12.8 Å². The number of hydrazine groups is 1. The Hall–Kier alpha value is -2.08. The number of carbonyl (C=O) groups excluding carboxylic acids is 3. The zero-order valence-corrected chi connectivity index (χ0v) is 14.6. The van der Waals surface area contributed by atoms with Gasteiger partial charge >= 0.3 is 0 Å². The molecule has 2 atom stereocenters. The Morgan fingerprint density at radius 2 is 1.88 bits per heavy atom. The average molecular weight is 354 g/mol. The normalized spacial score (nSPS) is 13.0. The third-order valence-corrected chi connectivity index (χ3v) is 4.13. The highest BCUT2D eigenvalue weighted by Crippen LogP contribution is 2.21. The minimum Gasteiger partial charge on any atom is -0.550 e. The van der Waals surface area contributed by atoms with Crippen molar-refractivity contribution in [2.75, 3.05) is 0 Å². The fourth-order valence-corrected chi connectivity index (χ4v) is 2.61. The standard InChI is InChI=1S/C17H23ClN2O4/c1-3-4-7-12(17(23)24)11(2)10-15(21)19-20-16(22)13-8-5-6-9-14(13)18/h5-6,8-9,11-12H,3-4,7,10H2,1-2H3,(H,19,21)(H,20,22)(H,23,24)/p-1/t11-,12+/m0/s1. The van der Waals surface area contributed by atoms with E-state index in [1.165, 1.54) is 6.07 Å². The molecule has 1 aromatic rings. The molecule has 0 bridgehead atoms. The first-order valence-corrected chi connectivity index (χ1v) is 8.29. The highest BCUT2D eigenvalue weighted by Gasteiger charge is 2.21. The molecule has 24 heavy (non-hydrogen) atoms. The fraction of sp³-hybridized carbons (Fsp3) is 0.471. The van der Waals surface area contributed by atoms with Gasteiger partial charge in [0.15, 0.2) is 0 Å². The molecule has 2 N–H and O–H groups in total. The highest BCUT2D eigenvalue weighted by atomic mass is 35.5. The quantitative estimate of drug-likeness (QED) is 0.695. The van der Waals surface area contributed by atoms with Gasteiger partial charge in [0.05, 0.1) is 10.6 Å². The first-order chi connectivity index (χ1) is 11.4. The molecule has 0 heterocycles. The summed E-state index contributed by atoms with van der Waals surface area (Å²) in [5.41, 5.74) is 4.79. The third kappa shape index (κ3) is 6.20. The van der Waals surface area contributed by atoms with Crippen molar-refractivity contribution in [2.45, 2.75) is 39.5 Å². The predicted octanol–water partition coefficient (Wildman–Crippen LogP) is 1.68. The largest absolute Gasteiger partial charge is 0.550 e. The van der Waals surface area contributed by atoms with Gasteiger partial charge in [-0.15, -0.1) is 0 Å². The minimum atomic E-state index is -1.15. The van der Waals surface area contributed by atoms with Gasteiger partial charge in [0.2, 0.25) is 5.91 Å². The number of hydrogen-bond donors (Lipinski definition) is 2. The minimum absolute atomic E-state index is 0.0227. The number of nitrogens with one attached hydrogen (secondary N) is 2. The number of rotatable bonds is 8. The molecule has 0 fully saturated rings. The molecule has 0 aliphatic heterocycles. The van der Waals surface area contributed by atoms with Crippen LogP contribution in [-0.4, -0.2) is 17.8 Å². The maximum absolute atomic E-state index is 11.9. The van der Waals surface area contributed by atoms with Crippen LogP contribution in [0.2, 0.25) is 5.02 Å². The number of amides is 2. The Morgan fingerprint density at radius 3 is 2.46 bits per heavy atom. The van der Waals surface area contributed by atoms with E-state index in [9.17, 15) is 19.5 Å². The second-order valence-corrected chi connectivity index (χ2v) is 6.14. The maximum atomic E-state index is 11.9. The third-order valence-electron chi connectivity index (χ3n) is 3.80. The van der Waals surface area contributed by atoms with Crippen molar-refractivity contribution >= 4 is 29.4 Å². The number of hydrogen-bond acceptors (Lipinski definition) is 4. The molecule has 0 aliphatic rings. The monoisotopic (exact) mass is 353 g/mol. The zero-order chi connectivity index (χ0) is 18.1. The van der Waals surface area contributed by atoms with E-state index in [-0.39, 0.29) is 17.0 Å². The van der Waals surface area contributed by atoms with Gasteiger partial charge in [-0.05, 0) is 24.5 Å². The number of carboxylic acid groups (broad SMARTS) is 1. The molecule has 0 unspecified atom stereocenters. The Balaban J connectivity index is 2.51. The smallest absolute Gasteiger partial charge is 0.271 e. The van der Waals surface area contributed by atoms with E-state index in [1.807, 2.05) is 6.92 Å². The van der Waals surface area contributed by atoms with Crippen molar-refractivity contribution in [1.82, 2.24) is 10.9 Å². The molecule has 0 aromatic heterocycles. The Bertz CT molecular complexity index is 592. The molecule has 7 heteroatoms. The molecule has 0 saturated heterocycles. The van der Waals surface area contributed by atoms with Crippen LogP contribution >= 0.6 is 11.6 Å². The fourth-order valence-electron chi connectivity index (χ4n) is 2.38. The summed E-state index contributed by atoms with van der Waals surface area (Å²) < 4.78 is 0. The van der Waals surface area contributed by atoms with Gasteiger partial charge in [0.25, 0.3) is 5.91 Å². The van der Waals surface area contributed by atoms with Crippen LogP contribution in [0.25, 0.3) is 0 Å². The Morgan fingerprint density at radius 1 is 1.21 bits per heavy atom. The number of benzene rings is 1. The average Bonchev–Trinajstić information content (AvgIpc) is 2.53. The van der Waals surface area contributed by atoms with Crippen LogP contribution in [0.5, 0.6) is 0 Å². The van der Waals surface area contributed by atoms with Crippen LogP contribution < -0.4 is 16.0 Å². The maximum Gasteiger partial charge on any atom is 0.271 e. The number of unbranched alkanes of at least 4 members (excludes halogenated alkanes) is 1. The number of halogens is 1. The van der Waals surface area contributed by atoms with Crippen LogP contribution in [0.4, 0.5) is 0 Å². The van der Waals surface area contributed by atoms with Crippen molar-refractivity contribution in [2.24, 2.45) is 11.8 Å². The van der Waals surface area contributed by atoms with Gasteiger partial charge in [0.1, 0.15) is 0 Å². The molecule has 132 valence electrons. The molecule has 0 saturated carbocycles. The molecule has 6 nitrogen and oxygen atoms in total. The predicted molar refractivity (Wildman–Crippen MR) is 88.9 cm³/mol. The van der Waals surface area contributed by atoms with Crippen molar-refractivity contribution in [1.29, 1.82) is 0 Å². The van der Waals surface area contributed by atoms with E-state index in [4.69, 9.17) is 11.6 Å². The van der Waals surface area contributed by atoms with Gasteiger partial charge in [-0.25, -0.2) is 0 Å². The highest BCUT2D eigenvalue weighted by molar-refractivity contribution is 6.33. The number of carboxylic acids is 1. The second-order valence-electron chi connectivity index (χ2n) is 5.73. The lowest BCUT2D eigenvalue weighted by Gasteiger charge is -2.24. The van der Waals surface area contributed by atoms with Crippen molar-refractivity contribution in [3.05, 3.63) is 34.9 Å². The summed E-state index contributed by atoms with van der Waals surface area (Å²) in [6, 6.07) is 6.44. The van der Waals surface area contributed by atoms with E-state index in [2.05, 4.69) is 10.9 Å². The topological polar surface area (TPSA) is 98.3 Å². The molecular weight excluding hydrogens is 332 g/mol. The summed E-state index contributed by atoms with van der Waals surface area (Å²) in [7, 11) is 0. The Kier molecular flexibility index (Phi) is 8.26. The first-order valence-electron chi connectivity index (χ1n) is 7.91. The summed E-state index contributed by atoms with van der Waals surface area (Å²) in [5.74, 6) is -3.23. The molecule has 0 radical (unpaired) electrons. The van der Waals surface area contributed by atoms with E-state index >= 15 is 0 Å². The van der Waals surface area contributed by atoms with Crippen LogP contribution in [0.1, 0.15) is 49.9 Å². The molecule has 2 amide bonds. The summed E-state index contributed by atoms with van der Waals surface area (Å²) in [6.07, 6.45) is 2.08. The number of carbonyl (C=O) groups is 3. The van der Waals surface area contributed by atoms with E-state index in [0.29, 0.717) is 6.42 Å². The molecule has 1 rings (SSSR count). The lowest BCUT2D eigenvalue weighted by atomic mass is 9.87. The van der Waals surface area contributed by atoms with Crippen molar-refractivity contribution < 1.29 is 19.5 Å². The van der Waals surface area contributed by atoms with Crippen molar-refractivity contribution in [3.8, 4) is 0 Å². The van der Waals surface area contributed by atoms with Gasteiger partial charge in [0, 0.05) is 18.3 Å². The van der Waals surface area contributed by atoms with Crippen LogP contribution in [0.15, 0.2) is 24.3 Å². The van der Waals surface area contributed by atoms with E-state index < -0.39 is 29.6 Å². The zero-order valence-electron chi connectivity index (χ0n) is 13.8. The first kappa shape index (κ1) is 20.0. The van der Waals surface area contributed by atoms with Gasteiger partial charge < -0.3 is 9.90 Å². The summed E-state index contributed by atoms with van der Waals surface area (Å²) in [6.45, 7) is 3.65.